The van der Waals surface area contributed by atoms with Crippen molar-refractivity contribution in [1.29, 1.82) is 0 Å². The second kappa shape index (κ2) is 18.7. The number of benzene rings is 7. The van der Waals surface area contributed by atoms with Gasteiger partial charge in [0, 0.05) is 14.5 Å². The SMILES string of the molecule is Brc1ccc(-c2c3c(c(-c4ccccc4)c4ccccc24)CCCC3)cc1.Cc1ccccc1C.O=c1oc(-c2ccc(Br)cc2)c2c(c1-c1ccccc1)CCCC2. The molecule has 0 bridgehead atoms. The molecule has 1 heterocycles. The van der Waals surface area contributed by atoms with Crippen LogP contribution in [-0.2, 0) is 25.7 Å². The third kappa shape index (κ3) is 9.00. The normalized spacial score (nSPS) is 12.9. The largest absolute Gasteiger partial charge is 0.422 e. The van der Waals surface area contributed by atoms with Crippen LogP contribution in [-0.4, -0.2) is 0 Å². The van der Waals surface area contributed by atoms with Crippen molar-refractivity contribution in [2.45, 2.75) is 65.2 Å². The molecule has 1 aromatic heterocycles. The average Bonchev–Trinajstić information content (AvgIpc) is 3.28. The predicted molar refractivity (Wildman–Crippen MR) is 255 cm³/mol. The zero-order valence-electron chi connectivity index (χ0n) is 33.7. The van der Waals surface area contributed by atoms with Gasteiger partial charge in [-0.2, -0.15) is 0 Å². The molecule has 0 unspecified atom stereocenters. The lowest BCUT2D eigenvalue weighted by atomic mass is 9.78. The third-order valence-electron chi connectivity index (χ3n) is 11.8. The van der Waals surface area contributed by atoms with Gasteiger partial charge in [0.25, 0.3) is 0 Å². The Kier molecular flexibility index (Phi) is 12.9. The van der Waals surface area contributed by atoms with Crippen molar-refractivity contribution in [3.8, 4) is 44.7 Å². The molecule has 7 aromatic carbocycles. The highest BCUT2D eigenvalue weighted by molar-refractivity contribution is 9.10. The average molecular weight is 901 g/mol. The van der Waals surface area contributed by atoms with Crippen molar-refractivity contribution in [3.05, 3.63) is 210 Å². The molecule has 0 aliphatic heterocycles. The van der Waals surface area contributed by atoms with Crippen LogP contribution in [0.1, 0.15) is 59.1 Å². The number of aryl methyl sites for hydroxylation is 2. The van der Waals surface area contributed by atoms with Crippen LogP contribution in [0.3, 0.4) is 0 Å². The molecule has 0 fully saturated rings. The highest BCUT2D eigenvalue weighted by Gasteiger charge is 2.25. The van der Waals surface area contributed by atoms with Gasteiger partial charge in [-0.05, 0) is 161 Å². The van der Waals surface area contributed by atoms with Crippen molar-refractivity contribution in [1.82, 2.24) is 0 Å². The van der Waals surface area contributed by atoms with E-state index in [1.165, 1.54) is 81.0 Å². The lowest BCUT2D eigenvalue weighted by Crippen LogP contribution is -2.15. The molecule has 0 amide bonds. The fourth-order valence-electron chi connectivity index (χ4n) is 8.74. The Bertz CT molecular complexity index is 2730. The third-order valence-corrected chi connectivity index (χ3v) is 12.8. The summed E-state index contributed by atoms with van der Waals surface area (Å²) < 4.78 is 7.96. The minimum Gasteiger partial charge on any atom is -0.422 e. The monoisotopic (exact) mass is 898 g/mol. The van der Waals surface area contributed by atoms with Gasteiger partial charge in [0.1, 0.15) is 5.76 Å². The Morgan fingerprint density at radius 1 is 0.390 bits per heavy atom. The molecule has 4 heteroatoms. The number of hydrogen-bond donors (Lipinski definition) is 0. The van der Waals surface area contributed by atoms with E-state index in [1.54, 1.807) is 11.1 Å². The zero-order chi connectivity index (χ0) is 40.7. The Balaban J connectivity index is 0.000000139. The number of hydrogen-bond acceptors (Lipinski definition) is 2. The lowest BCUT2D eigenvalue weighted by molar-refractivity contribution is 0.510. The van der Waals surface area contributed by atoms with Gasteiger partial charge in [0.2, 0.25) is 0 Å². The van der Waals surface area contributed by atoms with E-state index in [-0.39, 0.29) is 5.63 Å². The summed E-state index contributed by atoms with van der Waals surface area (Å²) in [5.41, 5.74) is 16.2. The van der Waals surface area contributed by atoms with Crippen LogP contribution in [0.4, 0.5) is 0 Å². The van der Waals surface area contributed by atoms with Gasteiger partial charge >= 0.3 is 5.63 Å². The molecule has 0 N–H and O–H groups in total. The zero-order valence-corrected chi connectivity index (χ0v) is 36.9. The standard InChI is InChI=1S/C26H21Br.C21H17BrO2.C8H10/c27-20-16-14-19(15-17-20)26-23-12-6-4-10-21(23)25(18-8-2-1-3-9-18)22-11-5-7-13-24(22)26;22-16-12-10-15(11-13-16)20-18-9-5-4-8-17(18)19(21(23)24-20)14-6-2-1-3-7-14;1-7-5-3-4-6-8(7)2/h1-4,6,8-10,12,14-17H,5,7,11,13H2;1-3,6-7,10-13H,4-5,8-9H2;3-6H,1-2H3. The first-order chi connectivity index (χ1) is 28.9. The molecule has 59 heavy (non-hydrogen) atoms. The van der Waals surface area contributed by atoms with Gasteiger partial charge < -0.3 is 4.42 Å². The van der Waals surface area contributed by atoms with Crippen molar-refractivity contribution in [3.63, 3.8) is 0 Å². The Hall–Kier alpha value is -5.29. The smallest absolute Gasteiger partial charge is 0.344 e. The summed E-state index contributed by atoms with van der Waals surface area (Å²) in [5.74, 6) is 0.738. The van der Waals surface area contributed by atoms with Crippen LogP contribution >= 0.6 is 31.9 Å². The maximum absolute atomic E-state index is 12.8. The second-order valence-corrected chi connectivity index (χ2v) is 17.4. The first-order valence-corrected chi connectivity index (χ1v) is 22.4. The summed E-state index contributed by atoms with van der Waals surface area (Å²) in [6.45, 7) is 4.24. The minimum atomic E-state index is -0.236. The molecular formula is C55H48Br2O2. The summed E-state index contributed by atoms with van der Waals surface area (Å²) in [4.78, 5) is 12.8. The van der Waals surface area contributed by atoms with Gasteiger partial charge in [-0.1, -0.05) is 165 Å². The van der Waals surface area contributed by atoms with E-state index in [1.807, 2.05) is 54.6 Å². The maximum Gasteiger partial charge on any atom is 0.344 e. The molecule has 0 spiro atoms. The minimum absolute atomic E-state index is 0.236. The van der Waals surface area contributed by atoms with Gasteiger partial charge in [0.05, 0.1) is 5.56 Å². The summed E-state index contributed by atoms with van der Waals surface area (Å²) in [6.07, 6.45) is 9.07. The summed E-state index contributed by atoms with van der Waals surface area (Å²) in [7, 11) is 0. The molecule has 0 radical (unpaired) electrons. The lowest BCUT2D eigenvalue weighted by Gasteiger charge is -2.26. The van der Waals surface area contributed by atoms with E-state index in [0.717, 1.165) is 57.1 Å². The van der Waals surface area contributed by atoms with Gasteiger partial charge in [0.15, 0.2) is 0 Å². The summed E-state index contributed by atoms with van der Waals surface area (Å²) >= 11 is 7.04. The van der Waals surface area contributed by atoms with Gasteiger partial charge in [-0.3, -0.25) is 0 Å². The molecule has 10 rings (SSSR count). The van der Waals surface area contributed by atoms with Crippen LogP contribution in [0.2, 0.25) is 0 Å². The Morgan fingerprint density at radius 3 is 1.20 bits per heavy atom. The van der Waals surface area contributed by atoms with E-state index in [2.05, 4.69) is 149 Å². The Labute approximate surface area is 365 Å². The van der Waals surface area contributed by atoms with Crippen molar-refractivity contribution >= 4 is 42.6 Å². The second-order valence-electron chi connectivity index (χ2n) is 15.5. The maximum atomic E-state index is 12.8. The van der Waals surface area contributed by atoms with E-state index in [0.29, 0.717) is 0 Å². The van der Waals surface area contributed by atoms with Crippen LogP contribution in [0.5, 0.6) is 0 Å². The molecule has 294 valence electrons. The quantitative estimate of drug-likeness (QED) is 0.176. The molecule has 8 aromatic rings. The van der Waals surface area contributed by atoms with Crippen LogP contribution in [0.25, 0.3) is 55.5 Å². The predicted octanol–water partition coefficient (Wildman–Crippen LogP) is 15.7. The van der Waals surface area contributed by atoms with E-state index < -0.39 is 0 Å². The van der Waals surface area contributed by atoms with E-state index in [4.69, 9.17) is 4.42 Å². The van der Waals surface area contributed by atoms with Gasteiger partial charge in [-0.15, -0.1) is 0 Å². The highest BCUT2D eigenvalue weighted by Crippen LogP contribution is 2.45. The Morgan fingerprint density at radius 2 is 0.746 bits per heavy atom. The molecule has 0 saturated carbocycles. The first-order valence-electron chi connectivity index (χ1n) is 20.8. The van der Waals surface area contributed by atoms with Crippen molar-refractivity contribution < 1.29 is 4.42 Å². The fourth-order valence-corrected chi connectivity index (χ4v) is 9.27. The van der Waals surface area contributed by atoms with E-state index >= 15 is 0 Å². The number of fused-ring (bicyclic) bond motifs is 3. The highest BCUT2D eigenvalue weighted by atomic mass is 79.9. The van der Waals surface area contributed by atoms with Crippen LogP contribution < -0.4 is 5.63 Å². The topological polar surface area (TPSA) is 30.2 Å². The van der Waals surface area contributed by atoms with Crippen molar-refractivity contribution in [2.75, 3.05) is 0 Å². The number of halogens is 2. The summed E-state index contributed by atoms with van der Waals surface area (Å²) in [6, 6.07) is 54.9. The number of rotatable bonds is 4. The van der Waals surface area contributed by atoms with Crippen LogP contribution in [0.15, 0.2) is 176 Å². The molecule has 2 aliphatic carbocycles. The molecule has 2 aliphatic rings. The molecular weight excluding hydrogens is 852 g/mol. The van der Waals surface area contributed by atoms with Gasteiger partial charge in [-0.25, -0.2) is 4.79 Å². The van der Waals surface area contributed by atoms with E-state index in [9.17, 15) is 4.79 Å². The molecule has 0 saturated heterocycles. The van der Waals surface area contributed by atoms with Crippen LogP contribution in [0, 0.1) is 13.8 Å². The molecule has 2 nitrogen and oxygen atoms in total. The van der Waals surface area contributed by atoms with Crippen molar-refractivity contribution in [2.24, 2.45) is 0 Å². The molecule has 0 atom stereocenters. The first kappa shape index (κ1) is 40.5. The fraction of sp³-hybridized carbons (Fsp3) is 0.182. The summed E-state index contributed by atoms with van der Waals surface area (Å²) in [5, 5.41) is 2.75.